The van der Waals surface area contributed by atoms with Crippen molar-refractivity contribution < 1.29 is 19.0 Å². The molecule has 1 heterocycles. The van der Waals surface area contributed by atoms with Crippen LogP contribution in [0.25, 0.3) is 0 Å². The fraction of sp³-hybridized carbons (Fsp3) is 1.00. The summed E-state index contributed by atoms with van der Waals surface area (Å²) in [6.07, 6.45) is -1.14. The number of hydrogen-bond acceptors (Lipinski definition) is 2. The van der Waals surface area contributed by atoms with E-state index in [4.69, 9.17) is 0 Å². The van der Waals surface area contributed by atoms with Crippen molar-refractivity contribution in [2.45, 2.75) is 6.19 Å². The van der Waals surface area contributed by atoms with Gasteiger partial charge < -0.3 is 19.0 Å². The Labute approximate surface area is 74.3 Å². The molecule has 1 fully saturated rings. The Balaban J connectivity index is 2.89. The Morgan fingerprint density at radius 1 is 1.00 bits per heavy atom. The van der Waals surface area contributed by atoms with Crippen molar-refractivity contribution in [3.05, 3.63) is 0 Å². The molecule has 72 valence electrons. The second-order valence-electron chi connectivity index (χ2n) is 5.31. The first-order chi connectivity index (χ1) is 5.27. The van der Waals surface area contributed by atoms with Crippen molar-refractivity contribution in [1.82, 2.24) is 0 Å². The van der Waals surface area contributed by atoms with Crippen LogP contribution in [0.3, 0.4) is 0 Å². The van der Waals surface area contributed by atoms with Crippen molar-refractivity contribution in [2.75, 3.05) is 41.3 Å². The lowest BCUT2D eigenvalue weighted by Gasteiger charge is -2.44. The largest absolute Gasteiger partial charge is 0.460 e. The third kappa shape index (κ3) is 1.50. The first-order valence-electron chi connectivity index (χ1n) is 4.48. The number of likely N-dealkylation sites (N-methyl/N-ethyl adjacent to an activating group) is 2. The molecule has 0 aromatic rings. The summed E-state index contributed by atoms with van der Waals surface area (Å²) in [6.45, 7) is 1.06. The zero-order chi connectivity index (χ0) is 9.57. The van der Waals surface area contributed by atoms with Crippen molar-refractivity contribution in [3.8, 4) is 0 Å². The van der Waals surface area contributed by atoms with Crippen LogP contribution in [0.5, 0.6) is 0 Å². The van der Waals surface area contributed by atoms with Crippen LogP contribution in [-0.4, -0.2) is 73.5 Å². The van der Waals surface area contributed by atoms with E-state index in [-0.39, 0.29) is 0 Å². The van der Waals surface area contributed by atoms with Gasteiger partial charge in [-0.2, -0.15) is 0 Å². The smallest absolute Gasteiger partial charge is 0.448 e. The van der Waals surface area contributed by atoms with Gasteiger partial charge in [-0.25, -0.2) is 0 Å². The van der Waals surface area contributed by atoms with Crippen LogP contribution in [0.1, 0.15) is 0 Å². The quantitative estimate of drug-likeness (QED) is 0.365. The molecule has 0 atom stereocenters. The summed E-state index contributed by atoms with van der Waals surface area (Å²) in [5, 5.41) is 18.6. The maximum atomic E-state index is 9.28. The summed E-state index contributed by atoms with van der Waals surface area (Å²) in [5.74, 6) is 0. The lowest BCUT2D eigenvalue weighted by molar-refractivity contribution is -0.838. The zero-order valence-electron chi connectivity index (χ0n) is 8.49. The fourth-order valence-electron chi connectivity index (χ4n) is 2.79. The van der Waals surface area contributed by atoms with Crippen LogP contribution >= 0.6 is 0 Å². The highest BCUT2D eigenvalue weighted by molar-refractivity contribution is 6.43. The summed E-state index contributed by atoms with van der Waals surface area (Å²) in [4.78, 5) is 0. The van der Waals surface area contributed by atoms with E-state index in [1.807, 2.05) is 0 Å². The van der Waals surface area contributed by atoms with E-state index in [9.17, 15) is 10.2 Å². The fourth-order valence-corrected chi connectivity index (χ4v) is 2.79. The summed E-state index contributed by atoms with van der Waals surface area (Å²) < 4.78 is 1.54. The van der Waals surface area contributed by atoms with Crippen LogP contribution in [-0.2, 0) is 0 Å². The van der Waals surface area contributed by atoms with Gasteiger partial charge in [0, 0.05) is 28.2 Å². The van der Waals surface area contributed by atoms with Gasteiger partial charge in [-0.15, -0.1) is 0 Å². The molecule has 0 unspecified atom stereocenters. The van der Waals surface area contributed by atoms with Gasteiger partial charge in [-0.3, -0.25) is 0 Å². The number of rotatable bonds is 1. The standard InChI is InChI=1S/C7H20BN2O2/c1-9(2)5-6-10(3,4)8(9)7(11)12/h7-8,11-12H,5-6H2,1-4H3/q+1. The summed E-state index contributed by atoms with van der Waals surface area (Å²) in [5.41, 5.74) is 0. The maximum Gasteiger partial charge on any atom is 0.448 e. The molecule has 1 aliphatic heterocycles. The van der Waals surface area contributed by atoms with E-state index < -0.39 is 13.2 Å². The van der Waals surface area contributed by atoms with Gasteiger partial charge in [-0.05, 0) is 0 Å². The lowest BCUT2D eigenvalue weighted by Crippen LogP contribution is -2.65. The minimum atomic E-state index is -1.14. The van der Waals surface area contributed by atoms with Gasteiger partial charge >= 0.3 is 6.98 Å². The van der Waals surface area contributed by atoms with Crippen LogP contribution in [0.2, 0.25) is 0 Å². The third-order valence-electron chi connectivity index (χ3n) is 3.39. The summed E-state index contributed by atoms with van der Waals surface area (Å²) in [6, 6.07) is 0. The Morgan fingerprint density at radius 3 is 1.50 bits per heavy atom. The predicted molar refractivity (Wildman–Crippen MR) is 49.3 cm³/mol. The minimum Gasteiger partial charge on any atom is -0.460 e. The molecular weight excluding hydrogens is 155 g/mol. The highest BCUT2D eigenvalue weighted by Gasteiger charge is 2.49. The maximum absolute atomic E-state index is 9.28. The number of aliphatic hydroxyl groups excluding tert-OH is 1. The predicted octanol–water partition coefficient (Wildman–Crippen LogP) is -1.78. The molecule has 0 saturated carbocycles. The monoisotopic (exact) mass is 175 g/mol. The topological polar surface area (TPSA) is 40.5 Å². The van der Waals surface area contributed by atoms with Crippen LogP contribution in [0.15, 0.2) is 0 Å². The second kappa shape index (κ2) is 2.70. The van der Waals surface area contributed by atoms with Crippen molar-refractivity contribution in [3.63, 3.8) is 0 Å². The summed E-state index contributed by atoms with van der Waals surface area (Å²) >= 11 is 0. The van der Waals surface area contributed by atoms with Crippen molar-refractivity contribution in [2.24, 2.45) is 0 Å². The zero-order valence-corrected chi connectivity index (χ0v) is 8.49. The minimum absolute atomic E-state index is 0.769. The number of quaternary nitrogens is 2. The molecule has 1 rings (SSSR count). The molecule has 12 heavy (non-hydrogen) atoms. The third-order valence-corrected chi connectivity index (χ3v) is 3.39. The second-order valence-corrected chi connectivity index (χ2v) is 5.31. The number of aliphatic hydroxyl groups is 2. The highest BCUT2D eigenvalue weighted by atomic mass is 16.5. The van der Waals surface area contributed by atoms with E-state index in [2.05, 4.69) is 28.2 Å². The summed E-state index contributed by atoms with van der Waals surface area (Å²) in [7, 11) is 8.30. The molecule has 1 saturated heterocycles. The van der Waals surface area contributed by atoms with Crippen LogP contribution < -0.4 is 0 Å². The first kappa shape index (κ1) is 9.99. The van der Waals surface area contributed by atoms with Crippen LogP contribution in [0, 0.1) is 0 Å². The molecule has 0 amide bonds. The highest BCUT2D eigenvalue weighted by Crippen LogP contribution is 2.22. The van der Waals surface area contributed by atoms with Crippen molar-refractivity contribution >= 4 is 6.98 Å². The van der Waals surface area contributed by atoms with Gasteiger partial charge in [0.05, 0.1) is 13.1 Å². The normalized spacial score (nSPS) is 28.2. The van der Waals surface area contributed by atoms with Crippen molar-refractivity contribution in [1.29, 1.82) is 0 Å². The van der Waals surface area contributed by atoms with E-state index in [1.165, 1.54) is 0 Å². The molecule has 0 spiro atoms. The first-order valence-corrected chi connectivity index (χ1v) is 4.48. The van der Waals surface area contributed by atoms with Gasteiger partial charge in [0.15, 0.2) is 0 Å². The molecule has 0 aromatic heterocycles. The number of nitrogens with zero attached hydrogens (tertiary/aromatic N) is 2. The molecule has 5 heteroatoms. The van der Waals surface area contributed by atoms with Gasteiger partial charge in [0.1, 0.15) is 6.19 Å². The van der Waals surface area contributed by atoms with Gasteiger partial charge in [-0.1, -0.05) is 0 Å². The number of hydrogen-bond donors (Lipinski definition) is 2. The molecular formula is C7H20BN2O2+. The Morgan fingerprint density at radius 2 is 1.33 bits per heavy atom. The van der Waals surface area contributed by atoms with E-state index in [1.54, 1.807) is 0 Å². The average Bonchev–Trinajstić information content (AvgIpc) is 2.01. The van der Waals surface area contributed by atoms with E-state index in [0.29, 0.717) is 0 Å². The molecule has 0 aromatic carbocycles. The van der Waals surface area contributed by atoms with Gasteiger partial charge in [0.2, 0.25) is 0 Å². The Hall–Kier alpha value is -0.0951. The van der Waals surface area contributed by atoms with Crippen LogP contribution in [0.4, 0.5) is 0 Å². The molecule has 4 nitrogen and oxygen atoms in total. The molecule has 1 aliphatic rings. The Kier molecular flexibility index (Phi) is 2.25. The van der Waals surface area contributed by atoms with E-state index in [0.717, 1.165) is 21.9 Å². The SMILES string of the molecule is C[N+]1(C)CC[N+](C)(C)[BH-]1C(O)O. The van der Waals surface area contributed by atoms with Gasteiger partial charge in [0.25, 0.3) is 0 Å². The van der Waals surface area contributed by atoms with E-state index >= 15 is 0 Å². The molecule has 0 bridgehead atoms. The molecule has 0 aliphatic carbocycles. The lowest BCUT2D eigenvalue weighted by atomic mass is 9.68. The molecule has 2 N–H and O–H groups in total. The molecule has 0 radical (unpaired) electrons. The average molecular weight is 175 g/mol. The Bertz CT molecular complexity index is 166.